The van der Waals surface area contributed by atoms with Gasteiger partial charge in [-0.05, 0) is 53.9 Å². The molecule has 0 aliphatic heterocycles. The Morgan fingerprint density at radius 1 is 1.57 bits per heavy atom. The summed E-state index contributed by atoms with van der Waals surface area (Å²) in [6, 6.07) is 1.73. The molecule has 1 atom stereocenters. The Kier molecular flexibility index (Phi) is 5.00. The van der Waals surface area contributed by atoms with E-state index in [0.29, 0.717) is 21.9 Å². The quantitative estimate of drug-likeness (QED) is 0.605. The number of ether oxygens (including phenoxy) is 1. The van der Waals surface area contributed by atoms with Crippen LogP contribution >= 0.6 is 27.5 Å². The van der Waals surface area contributed by atoms with E-state index in [1.807, 2.05) is 13.8 Å². The van der Waals surface area contributed by atoms with Crippen LogP contribution in [-0.2, 0) is 4.74 Å². The lowest BCUT2D eigenvalue weighted by Crippen LogP contribution is -2.10. The number of nitrogens with zero attached hydrogens (tertiary/aromatic N) is 3. The molecule has 0 saturated carbocycles. The third-order valence-electron chi connectivity index (χ3n) is 3.15. The van der Waals surface area contributed by atoms with Crippen LogP contribution in [0.2, 0.25) is 5.15 Å². The van der Waals surface area contributed by atoms with Gasteiger partial charge in [0.05, 0.1) is 12.6 Å². The number of rotatable bonds is 4. The molecule has 0 saturated heterocycles. The molecular weight excluding hydrogens is 358 g/mol. The van der Waals surface area contributed by atoms with Gasteiger partial charge in [-0.25, -0.2) is 9.78 Å². The average Bonchev–Trinajstić information content (AvgIpc) is 2.80. The highest BCUT2D eigenvalue weighted by Gasteiger charge is 2.19. The van der Waals surface area contributed by atoms with Gasteiger partial charge >= 0.3 is 5.97 Å². The van der Waals surface area contributed by atoms with E-state index in [1.54, 1.807) is 30.1 Å². The molecule has 2 aromatic rings. The summed E-state index contributed by atoms with van der Waals surface area (Å²) in [6.07, 6.45) is 3.39. The van der Waals surface area contributed by atoms with Crippen molar-refractivity contribution in [3.05, 3.63) is 44.9 Å². The van der Waals surface area contributed by atoms with Crippen molar-refractivity contribution in [2.24, 2.45) is 0 Å². The third-order valence-corrected chi connectivity index (χ3v) is 3.94. The number of pyridine rings is 1. The molecule has 2 heterocycles. The summed E-state index contributed by atoms with van der Waals surface area (Å²) in [6.45, 7) is 6.03. The zero-order valence-corrected chi connectivity index (χ0v) is 14.3. The van der Waals surface area contributed by atoms with Crippen molar-refractivity contribution in [3.8, 4) is 0 Å². The average molecular weight is 373 g/mol. The second-order valence-corrected chi connectivity index (χ2v) is 5.71. The zero-order valence-electron chi connectivity index (χ0n) is 11.9. The Morgan fingerprint density at radius 2 is 2.29 bits per heavy atom. The highest BCUT2D eigenvalue weighted by Crippen LogP contribution is 2.25. The van der Waals surface area contributed by atoms with Crippen LogP contribution in [0.15, 0.2) is 23.1 Å². The standard InChI is InChI=1S/C14H15BrClN3O2/c1-4-21-14(20)11-7-19(18-13(11)15)9(3)10-6-17-12(16)5-8(10)2/h5-7,9H,4H2,1-3H3. The molecule has 0 aromatic carbocycles. The highest BCUT2D eigenvalue weighted by atomic mass is 79.9. The zero-order chi connectivity index (χ0) is 15.6. The van der Waals surface area contributed by atoms with Crippen molar-refractivity contribution >= 4 is 33.5 Å². The maximum absolute atomic E-state index is 11.8. The Balaban J connectivity index is 2.33. The molecule has 21 heavy (non-hydrogen) atoms. The molecule has 5 nitrogen and oxygen atoms in total. The van der Waals surface area contributed by atoms with E-state index in [-0.39, 0.29) is 6.04 Å². The molecule has 0 spiro atoms. The Bertz CT molecular complexity index is 672. The van der Waals surface area contributed by atoms with Gasteiger partial charge in [-0.15, -0.1) is 0 Å². The number of hydrogen-bond acceptors (Lipinski definition) is 4. The fraction of sp³-hybridized carbons (Fsp3) is 0.357. The first kappa shape index (κ1) is 16.0. The lowest BCUT2D eigenvalue weighted by Gasteiger charge is -2.14. The molecule has 0 fully saturated rings. The van der Waals surface area contributed by atoms with E-state index >= 15 is 0 Å². The molecule has 2 rings (SSSR count). The van der Waals surface area contributed by atoms with Gasteiger partial charge in [0.15, 0.2) is 0 Å². The summed E-state index contributed by atoms with van der Waals surface area (Å²) in [7, 11) is 0. The van der Waals surface area contributed by atoms with E-state index in [2.05, 4.69) is 26.0 Å². The van der Waals surface area contributed by atoms with Gasteiger partial charge < -0.3 is 4.74 Å². The molecule has 0 bridgehead atoms. The summed E-state index contributed by atoms with van der Waals surface area (Å²) in [5, 5.41) is 4.78. The molecule has 0 amide bonds. The lowest BCUT2D eigenvalue weighted by atomic mass is 10.1. The van der Waals surface area contributed by atoms with E-state index in [4.69, 9.17) is 16.3 Å². The number of halogens is 2. The predicted octanol–water partition coefficient (Wildman–Crippen LogP) is 3.79. The van der Waals surface area contributed by atoms with E-state index in [1.165, 1.54) is 0 Å². The van der Waals surface area contributed by atoms with Crippen molar-refractivity contribution in [2.75, 3.05) is 6.61 Å². The topological polar surface area (TPSA) is 57.0 Å². The number of aryl methyl sites for hydroxylation is 1. The SMILES string of the molecule is CCOC(=O)c1cn(C(C)c2cnc(Cl)cc2C)nc1Br. The van der Waals surface area contributed by atoms with Crippen LogP contribution in [-0.4, -0.2) is 27.3 Å². The molecular formula is C14H15BrClN3O2. The van der Waals surface area contributed by atoms with Crippen molar-refractivity contribution in [1.82, 2.24) is 14.8 Å². The normalized spacial score (nSPS) is 12.2. The second-order valence-electron chi connectivity index (χ2n) is 4.57. The fourth-order valence-electron chi connectivity index (χ4n) is 2.03. The van der Waals surface area contributed by atoms with Crippen molar-refractivity contribution < 1.29 is 9.53 Å². The summed E-state index contributed by atoms with van der Waals surface area (Å²) in [4.78, 5) is 15.9. The smallest absolute Gasteiger partial charge is 0.342 e. The van der Waals surface area contributed by atoms with E-state index < -0.39 is 5.97 Å². The lowest BCUT2D eigenvalue weighted by molar-refractivity contribution is 0.0525. The van der Waals surface area contributed by atoms with Gasteiger partial charge in [-0.1, -0.05) is 11.6 Å². The highest BCUT2D eigenvalue weighted by molar-refractivity contribution is 9.10. The maximum atomic E-state index is 11.8. The molecule has 2 aromatic heterocycles. The van der Waals surface area contributed by atoms with Crippen LogP contribution in [0.5, 0.6) is 0 Å². The third kappa shape index (κ3) is 3.44. The fourth-order valence-corrected chi connectivity index (χ4v) is 2.69. The van der Waals surface area contributed by atoms with E-state index in [0.717, 1.165) is 11.1 Å². The summed E-state index contributed by atoms with van der Waals surface area (Å²) in [5.74, 6) is -0.395. The van der Waals surface area contributed by atoms with Gasteiger partial charge in [-0.3, -0.25) is 4.68 Å². The largest absolute Gasteiger partial charge is 0.462 e. The molecule has 0 radical (unpaired) electrons. The van der Waals surface area contributed by atoms with Gasteiger partial charge in [0.2, 0.25) is 0 Å². The molecule has 1 unspecified atom stereocenters. The van der Waals surface area contributed by atoms with Crippen LogP contribution in [0.3, 0.4) is 0 Å². The maximum Gasteiger partial charge on any atom is 0.342 e. The van der Waals surface area contributed by atoms with Crippen LogP contribution in [0, 0.1) is 6.92 Å². The molecule has 0 N–H and O–H groups in total. The van der Waals surface area contributed by atoms with Gasteiger partial charge in [0, 0.05) is 12.4 Å². The van der Waals surface area contributed by atoms with Crippen molar-refractivity contribution in [2.45, 2.75) is 26.8 Å². The summed E-state index contributed by atoms with van der Waals surface area (Å²) in [5.41, 5.74) is 2.42. The Morgan fingerprint density at radius 3 is 2.90 bits per heavy atom. The first-order valence-electron chi connectivity index (χ1n) is 6.47. The molecule has 0 aliphatic carbocycles. The molecule has 0 aliphatic rings. The van der Waals surface area contributed by atoms with Gasteiger partial charge in [-0.2, -0.15) is 5.10 Å². The number of carbonyl (C=O) groups is 1. The van der Waals surface area contributed by atoms with Gasteiger partial charge in [0.25, 0.3) is 0 Å². The number of carbonyl (C=O) groups excluding carboxylic acids is 1. The van der Waals surface area contributed by atoms with Crippen LogP contribution in [0.25, 0.3) is 0 Å². The number of hydrogen-bond donors (Lipinski definition) is 0. The minimum atomic E-state index is -0.395. The first-order chi connectivity index (χ1) is 9.93. The predicted molar refractivity (Wildman–Crippen MR) is 83.7 cm³/mol. The number of aromatic nitrogens is 3. The van der Waals surface area contributed by atoms with Crippen LogP contribution < -0.4 is 0 Å². The minimum absolute atomic E-state index is 0.0748. The Labute approximate surface area is 136 Å². The second kappa shape index (κ2) is 6.58. The minimum Gasteiger partial charge on any atom is -0.462 e. The van der Waals surface area contributed by atoms with Crippen molar-refractivity contribution in [3.63, 3.8) is 0 Å². The van der Waals surface area contributed by atoms with Crippen molar-refractivity contribution in [1.29, 1.82) is 0 Å². The van der Waals surface area contributed by atoms with E-state index in [9.17, 15) is 4.79 Å². The monoisotopic (exact) mass is 371 g/mol. The Hall–Kier alpha value is -1.40. The summed E-state index contributed by atoms with van der Waals surface area (Å²) < 4.78 is 7.16. The van der Waals surface area contributed by atoms with Gasteiger partial charge in [0.1, 0.15) is 15.3 Å². The first-order valence-corrected chi connectivity index (χ1v) is 7.65. The number of esters is 1. The van der Waals surface area contributed by atoms with Crippen LogP contribution in [0.1, 0.15) is 41.4 Å². The summed E-state index contributed by atoms with van der Waals surface area (Å²) >= 11 is 9.16. The molecule has 112 valence electrons. The molecule has 7 heteroatoms. The van der Waals surface area contributed by atoms with Crippen LogP contribution in [0.4, 0.5) is 0 Å².